The van der Waals surface area contributed by atoms with Crippen LogP contribution < -0.4 is 0 Å². The highest BCUT2D eigenvalue weighted by atomic mass is 14.4. The molecule has 0 spiro atoms. The Kier molecular flexibility index (Phi) is 11.9. The van der Waals surface area contributed by atoms with Crippen LogP contribution in [0.4, 0.5) is 0 Å². The highest BCUT2D eigenvalue weighted by Crippen LogP contribution is 2.42. The molecule has 0 amide bonds. The zero-order chi connectivity index (χ0) is 23.1. The van der Waals surface area contributed by atoms with Gasteiger partial charge in [0.2, 0.25) is 0 Å². The van der Waals surface area contributed by atoms with Crippen molar-refractivity contribution >= 4 is 0 Å². The van der Waals surface area contributed by atoms with Gasteiger partial charge in [-0.25, -0.2) is 0 Å². The quantitative estimate of drug-likeness (QED) is 0.178. The summed E-state index contributed by atoms with van der Waals surface area (Å²) in [6, 6.07) is 11.5. The predicted molar refractivity (Wildman–Crippen MR) is 142 cm³/mol. The van der Waals surface area contributed by atoms with Gasteiger partial charge in [0.05, 0.1) is 6.07 Å². The number of unbranched alkanes of at least 4 members (excludes halogenated alkanes) is 3. The number of rotatable bonds is 12. The Morgan fingerprint density at radius 3 is 1.91 bits per heavy atom. The second kappa shape index (κ2) is 15.2. The highest BCUT2D eigenvalue weighted by molar-refractivity contribution is 5.22. The maximum Gasteiger partial charge on any atom is 0.0912 e. The first-order valence-corrected chi connectivity index (χ1v) is 14.1. The monoisotopic (exact) mass is 445 g/mol. The Morgan fingerprint density at radius 1 is 0.758 bits per heavy atom. The van der Waals surface area contributed by atoms with Crippen molar-refractivity contribution in [2.75, 3.05) is 0 Å². The van der Waals surface area contributed by atoms with Gasteiger partial charge in [0.25, 0.3) is 0 Å². The van der Waals surface area contributed by atoms with Crippen LogP contribution in [0.5, 0.6) is 0 Å². The zero-order valence-corrected chi connectivity index (χ0v) is 21.2. The van der Waals surface area contributed by atoms with Gasteiger partial charge in [0.1, 0.15) is 0 Å². The standard InChI is InChI=1S/C32H47N/c1-2-3-5-10-27-14-16-28(17-15-27)12-7-8-13-30-20-24-32(25-21-30)31-22-18-29(19-23-31)11-6-4-9-26-33/h4,6,9,11,14-17,29-32H,2-3,5,7-8,10,12-13,18-25H2,1H3/t29-,30-,31-,32-. The molecule has 0 aromatic heterocycles. The molecule has 180 valence electrons. The van der Waals surface area contributed by atoms with E-state index < -0.39 is 0 Å². The normalized spacial score (nSPS) is 26.1. The Labute approximate surface area is 204 Å². The minimum absolute atomic E-state index is 0.734. The van der Waals surface area contributed by atoms with Crippen LogP contribution in [0.1, 0.15) is 108 Å². The smallest absolute Gasteiger partial charge is 0.0912 e. The topological polar surface area (TPSA) is 23.8 Å². The van der Waals surface area contributed by atoms with Gasteiger partial charge < -0.3 is 0 Å². The van der Waals surface area contributed by atoms with E-state index >= 15 is 0 Å². The van der Waals surface area contributed by atoms with Crippen LogP contribution in [0.25, 0.3) is 0 Å². The van der Waals surface area contributed by atoms with Crippen molar-refractivity contribution in [3.63, 3.8) is 0 Å². The molecule has 2 saturated carbocycles. The predicted octanol–water partition coefficient (Wildman–Crippen LogP) is 9.38. The van der Waals surface area contributed by atoms with Crippen LogP contribution in [0.15, 0.2) is 48.6 Å². The SMILES string of the molecule is CCCCCc1ccc(CCCC[C@H]2CC[C@H]([C@H]3CC[C@H](C=CC=CC#N)CC3)CC2)cc1. The lowest BCUT2D eigenvalue weighted by molar-refractivity contribution is 0.151. The van der Waals surface area contributed by atoms with E-state index in [1.54, 1.807) is 6.08 Å². The van der Waals surface area contributed by atoms with E-state index in [-0.39, 0.29) is 0 Å². The minimum Gasteiger partial charge on any atom is -0.193 e. The van der Waals surface area contributed by atoms with Crippen LogP contribution >= 0.6 is 0 Å². The molecule has 0 radical (unpaired) electrons. The van der Waals surface area contributed by atoms with Gasteiger partial charge in [-0.15, -0.1) is 0 Å². The third-order valence-corrected chi connectivity index (χ3v) is 8.46. The molecule has 2 aliphatic rings. The van der Waals surface area contributed by atoms with Crippen molar-refractivity contribution in [1.82, 2.24) is 0 Å². The number of nitriles is 1. The highest BCUT2D eigenvalue weighted by Gasteiger charge is 2.30. The molecule has 0 N–H and O–H groups in total. The molecule has 3 rings (SSSR count). The van der Waals surface area contributed by atoms with Gasteiger partial charge in [-0.3, -0.25) is 0 Å². The maximum absolute atomic E-state index is 8.57. The average Bonchev–Trinajstić information content (AvgIpc) is 2.86. The second-order valence-corrected chi connectivity index (χ2v) is 10.8. The van der Waals surface area contributed by atoms with Crippen molar-refractivity contribution in [1.29, 1.82) is 5.26 Å². The molecule has 1 nitrogen and oxygen atoms in total. The molecule has 0 bridgehead atoms. The van der Waals surface area contributed by atoms with Gasteiger partial charge in [-0.1, -0.05) is 87.9 Å². The Hall–Kier alpha value is -1.81. The van der Waals surface area contributed by atoms with Crippen molar-refractivity contribution < 1.29 is 0 Å². The molecule has 1 aromatic carbocycles. The summed E-state index contributed by atoms with van der Waals surface area (Å²) in [6.45, 7) is 2.28. The van der Waals surface area contributed by atoms with Crippen molar-refractivity contribution in [3.8, 4) is 6.07 Å². The van der Waals surface area contributed by atoms with Gasteiger partial charge in [-0.05, 0) is 99.0 Å². The Morgan fingerprint density at radius 2 is 1.33 bits per heavy atom. The van der Waals surface area contributed by atoms with E-state index in [1.165, 1.54) is 114 Å². The molecule has 33 heavy (non-hydrogen) atoms. The van der Waals surface area contributed by atoms with E-state index in [2.05, 4.69) is 49.4 Å². The molecule has 0 atom stereocenters. The van der Waals surface area contributed by atoms with Crippen LogP contribution in [-0.2, 0) is 12.8 Å². The molecule has 2 aliphatic carbocycles. The summed E-state index contributed by atoms with van der Waals surface area (Å²) in [6.07, 6.45) is 30.0. The van der Waals surface area contributed by atoms with Crippen LogP contribution in [0.2, 0.25) is 0 Å². The van der Waals surface area contributed by atoms with E-state index in [0.29, 0.717) is 0 Å². The fraction of sp³-hybridized carbons (Fsp3) is 0.656. The Bertz CT molecular complexity index is 734. The fourth-order valence-corrected chi connectivity index (χ4v) is 6.29. The summed E-state index contributed by atoms with van der Waals surface area (Å²) in [4.78, 5) is 0. The lowest BCUT2D eigenvalue weighted by Crippen LogP contribution is -2.25. The summed E-state index contributed by atoms with van der Waals surface area (Å²) in [5.41, 5.74) is 3.05. The first-order chi connectivity index (χ1) is 16.3. The molecule has 0 heterocycles. The van der Waals surface area contributed by atoms with Crippen LogP contribution in [0, 0.1) is 35.0 Å². The molecular formula is C32H47N. The molecule has 0 aliphatic heterocycles. The molecule has 1 heteroatoms. The van der Waals surface area contributed by atoms with Crippen molar-refractivity contribution in [3.05, 3.63) is 59.7 Å². The largest absolute Gasteiger partial charge is 0.193 e. The second-order valence-electron chi connectivity index (χ2n) is 10.8. The number of benzene rings is 1. The molecule has 2 fully saturated rings. The molecule has 0 saturated heterocycles. The third kappa shape index (κ3) is 9.52. The van der Waals surface area contributed by atoms with E-state index in [1.807, 2.05) is 6.08 Å². The van der Waals surface area contributed by atoms with Gasteiger partial charge in [0, 0.05) is 6.08 Å². The van der Waals surface area contributed by atoms with Gasteiger partial charge in [0.15, 0.2) is 0 Å². The zero-order valence-electron chi connectivity index (χ0n) is 21.2. The van der Waals surface area contributed by atoms with E-state index in [4.69, 9.17) is 5.26 Å². The average molecular weight is 446 g/mol. The summed E-state index contributed by atoms with van der Waals surface area (Å²) < 4.78 is 0. The summed E-state index contributed by atoms with van der Waals surface area (Å²) in [7, 11) is 0. The number of allylic oxidation sites excluding steroid dienone is 4. The van der Waals surface area contributed by atoms with E-state index in [9.17, 15) is 0 Å². The number of aryl methyl sites for hydroxylation is 2. The number of hydrogen-bond acceptors (Lipinski definition) is 1. The van der Waals surface area contributed by atoms with Crippen molar-refractivity contribution in [2.24, 2.45) is 23.7 Å². The van der Waals surface area contributed by atoms with Crippen LogP contribution in [-0.4, -0.2) is 0 Å². The number of nitrogens with zero attached hydrogens (tertiary/aromatic N) is 1. The maximum atomic E-state index is 8.57. The lowest BCUT2D eigenvalue weighted by Gasteiger charge is -2.37. The third-order valence-electron chi connectivity index (χ3n) is 8.46. The van der Waals surface area contributed by atoms with Crippen LogP contribution in [0.3, 0.4) is 0 Å². The lowest BCUT2D eigenvalue weighted by atomic mass is 9.68. The Balaban J connectivity index is 1.25. The molecule has 1 aromatic rings. The fourth-order valence-electron chi connectivity index (χ4n) is 6.29. The number of hydrogen-bond donors (Lipinski definition) is 0. The van der Waals surface area contributed by atoms with Crippen molar-refractivity contribution in [2.45, 2.75) is 110 Å². The molecule has 0 unspecified atom stereocenters. The van der Waals surface area contributed by atoms with E-state index in [0.717, 1.165) is 23.7 Å². The first-order valence-electron chi connectivity index (χ1n) is 14.1. The summed E-state index contributed by atoms with van der Waals surface area (Å²) >= 11 is 0. The van der Waals surface area contributed by atoms with Gasteiger partial charge >= 0.3 is 0 Å². The summed E-state index contributed by atoms with van der Waals surface area (Å²) in [5, 5.41) is 8.57. The summed E-state index contributed by atoms with van der Waals surface area (Å²) in [5.74, 6) is 3.71. The van der Waals surface area contributed by atoms with Gasteiger partial charge in [-0.2, -0.15) is 5.26 Å². The minimum atomic E-state index is 0.734. The first kappa shape index (κ1) is 25.8. The molecular weight excluding hydrogens is 398 g/mol.